The van der Waals surface area contributed by atoms with Crippen LogP contribution in [0.1, 0.15) is 29.6 Å². The maximum Gasteiger partial charge on any atom is 0.115 e. The zero-order valence-corrected chi connectivity index (χ0v) is 11.3. The summed E-state index contributed by atoms with van der Waals surface area (Å²) in [5.41, 5.74) is 5.07. The highest BCUT2D eigenvalue weighted by atomic mass is 15.0. The molecule has 4 heteroatoms. The molecule has 0 aromatic carbocycles. The van der Waals surface area contributed by atoms with E-state index in [1.54, 1.807) is 12.5 Å². The van der Waals surface area contributed by atoms with Crippen molar-refractivity contribution in [1.29, 1.82) is 0 Å². The Morgan fingerprint density at radius 1 is 1.28 bits per heavy atom. The number of hydrogen-bond donors (Lipinski definition) is 1. The number of nitrogens with one attached hydrogen (secondary N) is 1. The molecule has 0 fully saturated rings. The second-order valence-electron chi connectivity index (χ2n) is 4.44. The first-order valence-corrected chi connectivity index (χ1v) is 6.33. The van der Waals surface area contributed by atoms with Crippen LogP contribution in [0.3, 0.4) is 0 Å². The van der Waals surface area contributed by atoms with E-state index in [0.717, 1.165) is 25.3 Å². The first-order valence-electron chi connectivity index (χ1n) is 6.33. The molecule has 0 saturated heterocycles. The Balaban J connectivity index is 1.95. The maximum atomic E-state index is 4.19. The van der Waals surface area contributed by atoms with E-state index in [9.17, 15) is 0 Å². The summed E-state index contributed by atoms with van der Waals surface area (Å²) in [6, 6.07) is 4.19. The summed E-state index contributed by atoms with van der Waals surface area (Å²) >= 11 is 0. The summed E-state index contributed by atoms with van der Waals surface area (Å²) in [6.45, 7) is 9.20. The monoisotopic (exact) mass is 244 g/mol. The van der Waals surface area contributed by atoms with Crippen molar-refractivity contribution >= 4 is 0 Å². The molecule has 18 heavy (non-hydrogen) atoms. The third-order valence-electron chi connectivity index (χ3n) is 3.26. The van der Waals surface area contributed by atoms with Gasteiger partial charge in [-0.25, -0.2) is 9.97 Å². The van der Waals surface area contributed by atoms with Crippen molar-refractivity contribution in [2.75, 3.05) is 0 Å². The lowest BCUT2D eigenvalue weighted by atomic mass is 10.2. The van der Waals surface area contributed by atoms with E-state index in [1.807, 2.05) is 6.07 Å². The van der Waals surface area contributed by atoms with Crippen molar-refractivity contribution in [2.45, 2.75) is 40.4 Å². The van der Waals surface area contributed by atoms with E-state index in [-0.39, 0.29) is 0 Å². The molecule has 2 rings (SSSR count). The number of aryl methyl sites for hydroxylation is 1. The van der Waals surface area contributed by atoms with Crippen LogP contribution in [0, 0.1) is 13.8 Å². The zero-order valence-electron chi connectivity index (χ0n) is 11.3. The SMILES string of the molecule is CCn1c(C)cc(CNCc2ccncn2)c1C. The molecule has 0 aliphatic carbocycles. The Kier molecular flexibility index (Phi) is 4.10. The predicted molar refractivity (Wildman–Crippen MR) is 72.2 cm³/mol. The van der Waals surface area contributed by atoms with Crippen LogP contribution in [0.2, 0.25) is 0 Å². The number of nitrogens with zero attached hydrogens (tertiary/aromatic N) is 3. The second-order valence-corrected chi connectivity index (χ2v) is 4.44. The van der Waals surface area contributed by atoms with Crippen molar-refractivity contribution in [3.05, 3.63) is 47.3 Å². The van der Waals surface area contributed by atoms with Crippen LogP contribution in [0.25, 0.3) is 0 Å². The van der Waals surface area contributed by atoms with Gasteiger partial charge in [-0.1, -0.05) is 0 Å². The molecular weight excluding hydrogens is 224 g/mol. The van der Waals surface area contributed by atoms with Crippen LogP contribution < -0.4 is 5.32 Å². The van der Waals surface area contributed by atoms with Gasteiger partial charge in [0.05, 0.1) is 5.69 Å². The Morgan fingerprint density at radius 3 is 2.72 bits per heavy atom. The summed E-state index contributed by atoms with van der Waals surface area (Å²) in [5.74, 6) is 0. The van der Waals surface area contributed by atoms with E-state index < -0.39 is 0 Å². The van der Waals surface area contributed by atoms with Crippen LogP contribution in [0.5, 0.6) is 0 Å². The van der Waals surface area contributed by atoms with E-state index in [4.69, 9.17) is 0 Å². The van der Waals surface area contributed by atoms with Gasteiger partial charge in [0.15, 0.2) is 0 Å². The van der Waals surface area contributed by atoms with E-state index in [1.165, 1.54) is 17.0 Å². The fraction of sp³-hybridized carbons (Fsp3) is 0.429. The fourth-order valence-corrected chi connectivity index (χ4v) is 2.29. The average Bonchev–Trinajstić information content (AvgIpc) is 2.65. The molecule has 0 radical (unpaired) electrons. The molecule has 0 amide bonds. The molecule has 2 heterocycles. The lowest BCUT2D eigenvalue weighted by Crippen LogP contribution is -2.14. The summed E-state index contributed by atoms with van der Waals surface area (Å²) < 4.78 is 2.34. The van der Waals surface area contributed by atoms with Crippen molar-refractivity contribution in [3.63, 3.8) is 0 Å². The van der Waals surface area contributed by atoms with Crippen LogP contribution in [-0.2, 0) is 19.6 Å². The van der Waals surface area contributed by atoms with Gasteiger partial charge in [-0.15, -0.1) is 0 Å². The van der Waals surface area contributed by atoms with Gasteiger partial charge in [0.1, 0.15) is 6.33 Å². The number of rotatable bonds is 5. The molecule has 0 unspecified atom stereocenters. The molecule has 0 bridgehead atoms. The average molecular weight is 244 g/mol. The molecule has 1 N–H and O–H groups in total. The summed E-state index contributed by atoms with van der Waals surface area (Å²) in [5, 5.41) is 3.42. The number of hydrogen-bond acceptors (Lipinski definition) is 3. The predicted octanol–water partition coefficient (Wildman–Crippen LogP) is 2.20. The first-order chi connectivity index (χ1) is 8.72. The highest BCUT2D eigenvalue weighted by molar-refractivity contribution is 5.26. The van der Waals surface area contributed by atoms with Gasteiger partial charge >= 0.3 is 0 Å². The Morgan fingerprint density at radius 2 is 2.11 bits per heavy atom. The maximum absolute atomic E-state index is 4.19. The minimum atomic E-state index is 0.776. The van der Waals surface area contributed by atoms with Gasteiger partial charge in [0.25, 0.3) is 0 Å². The molecule has 0 spiro atoms. The van der Waals surface area contributed by atoms with Gasteiger partial charge in [-0.3, -0.25) is 0 Å². The molecule has 0 atom stereocenters. The summed E-state index contributed by atoms with van der Waals surface area (Å²) in [4.78, 5) is 8.10. The number of aromatic nitrogens is 3. The highest BCUT2D eigenvalue weighted by Crippen LogP contribution is 2.14. The minimum Gasteiger partial charge on any atom is -0.349 e. The van der Waals surface area contributed by atoms with Crippen LogP contribution in [0.15, 0.2) is 24.7 Å². The largest absolute Gasteiger partial charge is 0.349 e. The van der Waals surface area contributed by atoms with Crippen molar-refractivity contribution in [1.82, 2.24) is 19.9 Å². The minimum absolute atomic E-state index is 0.776. The molecule has 0 aliphatic rings. The van der Waals surface area contributed by atoms with Crippen molar-refractivity contribution in [3.8, 4) is 0 Å². The Hall–Kier alpha value is -1.68. The van der Waals surface area contributed by atoms with Gasteiger partial charge in [0.2, 0.25) is 0 Å². The first kappa shape index (κ1) is 12.8. The topological polar surface area (TPSA) is 42.7 Å². The van der Waals surface area contributed by atoms with E-state index in [0.29, 0.717) is 0 Å². The molecule has 2 aromatic rings. The van der Waals surface area contributed by atoms with Gasteiger partial charge in [-0.2, -0.15) is 0 Å². The lowest BCUT2D eigenvalue weighted by Gasteiger charge is -2.07. The lowest BCUT2D eigenvalue weighted by molar-refractivity contribution is 0.665. The second kappa shape index (κ2) is 5.78. The van der Waals surface area contributed by atoms with Gasteiger partial charge in [-0.05, 0) is 38.5 Å². The van der Waals surface area contributed by atoms with Crippen molar-refractivity contribution in [2.24, 2.45) is 0 Å². The molecule has 4 nitrogen and oxygen atoms in total. The van der Waals surface area contributed by atoms with Crippen LogP contribution in [0.4, 0.5) is 0 Å². The van der Waals surface area contributed by atoms with Gasteiger partial charge < -0.3 is 9.88 Å². The summed E-state index contributed by atoms with van der Waals surface area (Å²) in [6.07, 6.45) is 3.35. The van der Waals surface area contributed by atoms with Crippen LogP contribution in [-0.4, -0.2) is 14.5 Å². The molecule has 2 aromatic heterocycles. The van der Waals surface area contributed by atoms with Gasteiger partial charge in [0, 0.05) is 37.2 Å². The van der Waals surface area contributed by atoms with Crippen molar-refractivity contribution < 1.29 is 0 Å². The van der Waals surface area contributed by atoms with E-state index in [2.05, 4.69) is 46.7 Å². The zero-order chi connectivity index (χ0) is 13.0. The van der Waals surface area contributed by atoms with E-state index >= 15 is 0 Å². The fourth-order valence-electron chi connectivity index (χ4n) is 2.29. The normalized spacial score (nSPS) is 10.8. The Bertz CT molecular complexity index is 502. The standard InChI is InChI=1S/C14H20N4/c1-4-18-11(2)7-13(12(18)3)8-16-9-14-5-6-15-10-17-14/h5-7,10,16H,4,8-9H2,1-3H3. The summed E-state index contributed by atoms with van der Waals surface area (Å²) in [7, 11) is 0. The third kappa shape index (κ3) is 2.76. The van der Waals surface area contributed by atoms with Crippen LogP contribution >= 0.6 is 0 Å². The smallest absolute Gasteiger partial charge is 0.115 e. The third-order valence-corrected chi connectivity index (χ3v) is 3.26. The quantitative estimate of drug-likeness (QED) is 0.877. The molecule has 96 valence electrons. The Labute approximate surface area is 108 Å². The molecule has 0 aliphatic heterocycles. The highest BCUT2D eigenvalue weighted by Gasteiger charge is 2.06. The molecule has 0 saturated carbocycles. The molecular formula is C14H20N4.